The lowest BCUT2D eigenvalue weighted by atomic mass is 9.95. The van der Waals surface area contributed by atoms with Crippen LogP contribution in [0, 0.1) is 0 Å². The summed E-state index contributed by atoms with van der Waals surface area (Å²) in [4.78, 5) is 14.7. The zero-order valence-electron chi connectivity index (χ0n) is 11.4. The number of carbonyl (C=O) groups excluding carboxylic acids is 1. The van der Waals surface area contributed by atoms with E-state index in [0.29, 0.717) is 24.0 Å². The molecule has 1 fully saturated rings. The van der Waals surface area contributed by atoms with Gasteiger partial charge in [0.1, 0.15) is 5.54 Å². The fourth-order valence-electron chi connectivity index (χ4n) is 2.80. The predicted octanol–water partition coefficient (Wildman–Crippen LogP) is 3.39. The summed E-state index contributed by atoms with van der Waals surface area (Å²) >= 11 is 6.43. The maximum absolute atomic E-state index is 10.7. The SMILES string of the molecule is CCc1c2c(cc(Cl)c1C1(N=C=O)CC1)OCCCO2. The summed E-state index contributed by atoms with van der Waals surface area (Å²) in [5.74, 6) is 1.45. The first-order valence-corrected chi connectivity index (χ1v) is 7.30. The monoisotopic (exact) mass is 293 g/mol. The molecule has 0 atom stereocenters. The minimum absolute atomic E-state index is 0.491. The number of halogens is 1. The van der Waals surface area contributed by atoms with Crippen molar-refractivity contribution in [2.75, 3.05) is 13.2 Å². The molecule has 106 valence electrons. The Labute approximate surface area is 122 Å². The van der Waals surface area contributed by atoms with Crippen molar-refractivity contribution in [3.63, 3.8) is 0 Å². The number of hydrogen-bond donors (Lipinski definition) is 0. The van der Waals surface area contributed by atoms with Gasteiger partial charge in [-0.1, -0.05) is 18.5 Å². The van der Waals surface area contributed by atoms with Gasteiger partial charge in [0.25, 0.3) is 0 Å². The molecule has 1 heterocycles. The van der Waals surface area contributed by atoms with Crippen LogP contribution in [0.1, 0.15) is 37.3 Å². The molecule has 1 aliphatic heterocycles. The second kappa shape index (κ2) is 5.12. The van der Waals surface area contributed by atoms with Gasteiger partial charge in [0.05, 0.1) is 18.2 Å². The van der Waals surface area contributed by atoms with Gasteiger partial charge in [0.2, 0.25) is 6.08 Å². The van der Waals surface area contributed by atoms with Gasteiger partial charge in [0, 0.05) is 23.6 Å². The topological polar surface area (TPSA) is 47.9 Å². The highest BCUT2D eigenvalue weighted by Crippen LogP contribution is 2.55. The van der Waals surface area contributed by atoms with Crippen LogP contribution in [-0.4, -0.2) is 19.3 Å². The number of fused-ring (bicyclic) bond motifs is 1. The van der Waals surface area contributed by atoms with Crippen molar-refractivity contribution in [3.8, 4) is 11.5 Å². The fraction of sp³-hybridized carbons (Fsp3) is 0.533. The van der Waals surface area contributed by atoms with E-state index in [0.717, 1.165) is 42.6 Å². The van der Waals surface area contributed by atoms with Crippen molar-refractivity contribution in [1.29, 1.82) is 0 Å². The second-order valence-electron chi connectivity index (χ2n) is 5.18. The van der Waals surface area contributed by atoms with E-state index in [9.17, 15) is 4.79 Å². The Morgan fingerprint density at radius 2 is 2.15 bits per heavy atom. The molecular formula is C15H16ClNO3. The van der Waals surface area contributed by atoms with E-state index in [4.69, 9.17) is 21.1 Å². The largest absolute Gasteiger partial charge is 0.489 e. The van der Waals surface area contributed by atoms with Gasteiger partial charge < -0.3 is 9.47 Å². The Kier molecular flexibility index (Phi) is 3.45. The molecule has 1 aromatic rings. The molecule has 3 rings (SSSR count). The summed E-state index contributed by atoms with van der Waals surface area (Å²) in [5, 5.41) is 0.600. The number of rotatable bonds is 3. The van der Waals surface area contributed by atoms with Gasteiger partial charge in [-0.3, -0.25) is 0 Å². The number of benzene rings is 1. The van der Waals surface area contributed by atoms with Gasteiger partial charge in [-0.2, -0.15) is 4.99 Å². The average molecular weight is 294 g/mol. The molecule has 2 aliphatic rings. The molecule has 20 heavy (non-hydrogen) atoms. The third kappa shape index (κ3) is 2.09. The summed E-state index contributed by atoms with van der Waals surface area (Å²) in [6.07, 6.45) is 4.95. The van der Waals surface area contributed by atoms with Gasteiger partial charge in [-0.15, -0.1) is 0 Å². The normalized spacial score (nSPS) is 18.9. The van der Waals surface area contributed by atoms with Gasteiger partial charge in [-0.25, -0.2) is 4.79 Å². The number of aliphatic imine (C=N–C) groups is 1. The van der Waals surface area contributed by atoms with Crippen LogP contribution in [0.4, 0.5) is 0 Å². The zero-order chi connectivity index (χ0) is 14.2. The molecule has 0 N–H and O–H groups in total. The smallest absolute Gasteiger partial charge is 0.235 e. The standard InChI is InChI=1S/C15H16ClNO3/c1-2-10-13(15(4-5-15)17-9-18)11(16)8-12-14(10)20-7-3-6-19-12/h8H,2-7H2,1H3. The summed E-state index contributed by atoms with van der Waals surface area (Å²) in [5.41, 5.74) is 1.43. The molecule has 0 saturated heterocycles. The van der Waals surface area contributed by atoms with Crippen LogP contribution >= 0.6 is 11.6 Å². The van der Waals surface area contributed by atoms with E-state index < -0.39 is 5.54 Å². The summed E-state index contributed by atoms with van der Waals surface area (Å²) < 4.78 is 11.5. The molecule has 0 unspecified atom stereocenters. The lowest BCUT2D eigenvalue weighted by molar-refractivity contribution is 0.296. The van der Waals surface area contributed by atoms with Crippen LogP contribution < -0.4 is 9.47 Å². The molecule has 0 amide bonds. The number of nitrogens with zero attached hydrogens (tertiary/aromatic N) is 1. The van der Waals surface area contributed by atoms with Gasteiger partial charge >= 0.3 is 0 Å². The zero-order valence-corrected chi connectivity index (χ0v) is 12.1. The van der Waals surface area contributed by atoms with E-state index in [1.165, 1.54) is 0 Å². The fourth-order valence-corrected chi connectivity index (χ4v) is 3.19. The van der Waals surface area contributed by atoms with Crippen LogP contribution in [-0.2, 0) is 16.8 Å². The lowest BCUT2D eigenvalue weighted by Crippen LogP contribution is -2.10. The molecule has 1 aromatic carbocycles. The van der Waals surface area contributed by atoms with Crippen molar-refractivity contribution in [2.45, 2.75) is 38.1 Å². The van der Waals surface area contributed by atoms with Crippen LogP contribution in [0.3, 0.4) is 0 Å². The first-order chi connectivity index (χ1) is 9.72. The third-order valence-corrected chi connectivity index (χ3v) is 4.19. The molecule has 0 aromatic heterocycles. The van der Waals surface area contributed by atoms with E-state index in [1.54, 1.807) is 12.1 Å². The van der Waals surface area contributed by atoms with E-state index in [-0.39, 0.29) is 0 Å². The Morgan fingerprint density at radius 3 is 2.80 bits per heavy atom. The third-order valence-electron chi connectivity index (χ3n) is 3.89. The molecule has 0 radical (unpaired) electrons. The van der Waals surface area contributed by atoms with Gasteiger partial charge in [0.15, 0.2) is 11.5 Å². The maximum Gasteiger partial charge on any atom is 0.235 e. The van der Waals surface area contributed by atoms with Crippen molar-refractivity contribution in [1.82, 2.24) is 0 Å². The molecule has 5 heteroatoms. The van der Waals surface area contributed by atoms with Crippen molar-refractivity contribution in [2.24, 2.45) is 4.99 Å². The van der Waals surface area contributed by atoms with E-state index in [1.807, 2.05) is 6.92 Å². The number of ether oxygens (including phenoxy) is 2. The van der Waals surface area contributed by atoms with E-state index >= 15 is 0 Å². The quantitative estimate of drug-likeness (QED) is 0.634. The van der Waals surface area contributed by atoms with Crippen LogP contribution in [0.2, 0.25) is 5.02 Å². The Balaban J connectivity index is 2.20. The number of isocyanates is 1. The Morgan fingerprint density at radius 1 is 1.40 bits per heavy atom. The van der Waals surface area contributed by atoms with Crippen LogP contribution in [0.25, 0.3) is 0 Å². The highest BCUT2D eigenvalue weighted by molar-refractivity contribution is 6.32. The minimum Gasteiger partial charge on any atom is -0.489 e. The van der Waals surface area contributed by atoms with Gasteiger partial charge in [-0.05, 0) is 19.3 Å². The summed E-state index contributed by atoms with van der Waals surface area (Å²) in [6.45, 7) is 3.30. The Bertz CT molecular complexity index is 589. The molecule has 1 saturated carbocycles. The molecule has 0 spiro atoms. The summed E-state index contributed by atoms with van der Waals surface area (Å²) in [7, 11) is 0. The summed E-state index contributed by atoms with van der Waals surface area (Å²) in [6, 6.07) is 1.79. The molecule has 4 nitrogen and oxygen atoms in total. The van der Waals surface area contributed by atoms with Crippen molar-refractivity contribution in [3.05, 3.63) is 22.2 Å². The highest BCUT2D eigenvalue weighted by atomic mass is 35.5. The Hall–Kier alpha value is -1.51. The van der Waals surface area contributed by atoms with Crippen LogP contribution in [0.5, 0.6) is 11.5 Å². The van der Waals surface area contributed by atoms with E-state index in [2.05, 4.69) is 4.99 Å². The second-order valence-corrected chi connectivity index (χ2v) is 5.59. The first kappa shape index (κ1) is 13.5. The highest BCUT2D eigenvalue weighted by Gasteiger charge is 2.48. The maximum atomic E-state index is 10.7. The number of hydrogen-bond acceptors (Lipinski definition) is 4. The lowest BCUT2D eigenvalue weighted by Gasteiger charge is -2.20. The van der Waals surface area contributed by atoms with Crippen molar-refractivity contribution < 1.29 is 14.3 Å². The van der Waals surface area contributed by atoms with Crippen LogP contribution in [0.15, 0.2) is 11.1 Å². The average Bonchev–Trinajstić information content (AvgIpc) is 3.22. The predicted molar refractivity (Wildman–Crippen MR) is 75.5 cm³/mol. The minimum atomic E-state index is -0.491. The van der Waals surface area contributed by atoms with Crippen molar-refractivity contribution >= 4 is 17.7 Å². The molecular weight excluding hydrogens is 278 g/mol. The first-order valence-electron chi connectivity index (χ1n) is 6.92. The molecule has 0 bridgehead atoms. The molecule has 1 aliphatic carbocycles.